The van der Waals surface area contributed by atoms with Crippen molar-refractivity contribution in [3.05, 3.63) is 28.2 Å². The van der Waals surface area contributed by atoms with E-state index < -0.39 is 0 Å². The number of halogens is 2. The summed E-state index contributed by atoms with van der Waals surface area (Å²) in [5.41, 5.74) is 0.507. The predicted molar refractivity (Wildman–Crippen MR) is 101 cm³/mol. The Labute approximate surface area is 157 Å². The summed E-state index contributed by atoms with van der Waals surface area (Å²) in [6.07, 6.45) is 1.09. The second kappa shape index (κ2) is 9.13. The van der Waals surface area contributed by atoms with E-state index in [1.165, 1.54) is 23.1 Å². The van der Waals surface area contributed by atoms with Gasteiger partial charge in [0.2, 0.25) is 5.91 Å². The van der Waals surface area contributed by atoms with Crippen LogP contribution in [0.2, 0.25) is 10.0 Å². The average Bonchev–Trinajstić information content (AvgIpc) is 2.96. The summed E-state index contributed by atoms with van der Waals surface area (Å²) in [5, 5.41) is 11.7. The van der Waals surface area contributed by atoms with E-state index in [0.29, 0.717) is 15.7 Å². The fourth-order valence-corrected chi connectivity index (χ4v) is 4.95. The summed E-state index contributed by atoms with van der Waals surface area (Å²) in [4.78, 5) is 12.3. The molecule has 0 saturated heterocycles. The number of carbonyl (C=O) groups excluding carboxylic acids is 1. The number of nitrogens with one attached hydrogen (secondary N) is 1. The zero-order valence-electron chi connectivity index (χ0n) is 12.5. The topological polar surface area (TPSA) is 54.9 Å². The van der Waals surface area contributed by atoms with Gasteiger partial charge in [-0.15, -0.1) is 10.2 Å². The molecule has 0 saturated carbocycles. The van der Waals surface area contributed by atoms with Crippen molar-refractivity contribution >= 4 is 69.7 Å². The summed E-state index contributed by atoms with van der Waals surface area (Å²) in [7, 11) is 0. The van der Waals surface area contributed by atoms with E-state index in [-0.39, 0.29) is 11.2 Å². The molecule has 1 atom stereocenters. The number of anilines is 1. The predicted octanol–water partition coefficient (Wildman–Crippen LogP) is 5.47. The first-order chi connectivity index (χ1) is 11.0. The maximum Gasteiger partial charge on any atom is 0.237 e. The number of aromatic nitrogens is 2. The number of benzene rings is 1. The minimum Gasteiger partial charge on any atom is -0.324 e. The van der Waals surface area contributed by atoms with E-state index in [1.807, 2.05) is 6.92 Å². The van der Waals surface area contributed by atoms with Crippen molar-refractivity contribution in [1.82, 2.24) is 10.2 Å². The number of thioether (sulfide) groups is 2. The van der Waals surface area contributed by atoms with Gasteiger partial charge in [0.05, 0.1) is 16.0 Å². The molecule has 0 bridgehead atoms. The van der Waals surface area contributed by atoms with Gasteiger partial charge in [0.25, 0.3) is 0 Å². The first-order valence-corrected chi connectivity index (χ1v) is 10.3. The molecule has 0 aliphatic carbocycles. The Bertz CT molecular complexity index is 681. The lowest BCUT2D eigenvalue weighted by molar-refractivity contribution is -0.115. The first kappa shape index (κ1) is 18.9. The smallest absolute Gasteiger partial charge is 0.237 e. The molecule has 0 spiro atoms. The third-order valence-electron chi connectivity index (χ3n) is 2.65. The van der Waals surface area contributed by atoms with Crippen molar-refractivity contribution in [3.8, 4) is 0 Å². The molecule has 1 heterocycles. The van der Waals surface area contributed by atoms with Crippen LogP contribution in [0.15, 0.2) is 26.9 Å². The minimum atomic E-state index is -0.318. The van der Waals surface area contributed by atoms with Crippen LogP contribution < -0.4 is 5.32 Å². The highest BCUT2D eigenvalue weighted by atomic mass is 35.5. The molecule has 0 unspecified atom stereocenters. The quantitative estimate of drug-likeness (QED) is 0.616. The minimum absolute atomic E-state index is 0.155. The van der Waals surface area contributed by atoms with Crippen molar-refractivity contribution in [1.29, 1.82) is 0 Å². The normalized spacial score (nSPS) is 12.2. The third-order valence-corrected chi connectivity index (χ3v) is 6.66. The standard InChI is InChI=1S/C14H15Cl2N3OS3/c1-3-6-21-13-18-19-14(23-13)22-8(2)12(20)17-11-7-9(15)4-5-10(11)16/h4-5,7-8H,3,6H2,1-2H3,(H,17,20)/t8-/m1/s1. The van der Waals surface area contributed by atoms with E-state index >= 15 is 0 Å². The summed E-state index contributed by atoms with van der Waals surface area (Å²) < 4.78 is 1.71. The number of rotatable bonds is 7. The van der Waals surface area contributed by atoms with Crippen LogP contribution in [0, 0.1) is 0 Å². The molecule has 0 fully saturated rings. The van der Waals surface area contributed by atoms with Gasteiger partial charge in [-0.2, -0.15) is 0 Å². The molecule has 124 valence electrons. The molecule has 23 heavy (non-hydrogen) atoms. The van der Waals surface area contributed by atoms with Crippen LogP contribution in [0.4, 0.5) is 5.69 Å². The Kier molecular flexibility index (Phi) is 7.49. The molecule has 1 amide bonds. The molecule has 0 aliphatic heterocycles. The lowest BCUT2D eigenvalue weighted by atomic mass is 10.3. The van der Waals surface area contributed by atoms with E-state index in [1.54, 1.807) is 30.0 Å². The Morgan fingerprint density at radius 3 is 2.83 bits per heavy atom. The second-order valence-electron chi connectivity index (χ2n) is 4.56. The Morgan fingerprint density at radius 2 is 2.09 bits per heavy atom. The van der Waals surface area contributed by atoms with Crippen LogP contribution in [-0.2, 0) is 4.79 Å². The van der Waals surface area contributed by atoms with Gasteiger partial charge in [-0.1, -0.05) is 65.0 Å². The molecule has 0 aliphatic rings. The number of amides is 1. The van der Waals surface area contributed by atoms with Gasteiger partial charge in [-0.25, -0.2) is 0 Å². The maximum atomic E-state index is 12.3. The molecular weight excluding hydrogens is 393 g/mol. The molecule has 1 aromatic carbocycles. The van der Waals surface area contributed by atoms with Gasteiger partial charge in [0.15, 0.2) is 8.68 Å². The first-order valence-electron chi connectivity index (χ1n) is 6.88. The number of hydrogen-bond acceptors (Lipinski definition) is 6. The van der Waals surface area contributed by atoms with Crippen molar-refractivity contribution < 1.29 is 4.79 Å². The monoisotopic (exact) mass is 407 g/mol. The Balaban J connectivity index is 1.94. The molecule has 2 aromatic rings. The van der Waals surface area contributed by atoms with Crippen molar-refractivity contribution in [2.75, 3.05) is 11.1 Å². The van der Waals surface area contributed by atoms with E-state index in [0.717, 1.165) is 20.9 Å². The number of hydrogen-bond donors (Lipinski definition) is 1. The maximum absolute atomic E-state index is 12.3. The zero-order valence-corrected chi connectivity index (χ0v) is 16.5. The van der Waals surface area contributed by atoms with Crippen LogP contribution in [0.25, 0.3) is 0 Å². The molecular formula is C14H15Cl2N3OS3. The van der Waals surface area contributed by atoms with E-state index in [4.69, 9.17) is 23.2 Å². The summed E-state index contributed by atoms with van der Waals surface area (Å²) in [6, 6.07) is 4.96. The van der Waals surface area contributed by atoms with Gasteiger partial charge in [0.1, 0.15) is 0 Å². The Morgan fingerprint density at radius 1 is 1.35 bits per heavy atom. The van der Waals surface area contributed by atoms with Gasteiger partial charge in [-0.3, -0.25) is 4.79 Å². The summed E-state index contributed by atoms with van der Waals surface area (Å²) in [5.74, 6) is 0.861. The van der Waals surface area contributed by atoms with E-state index in [2.05, 4.69) is 22.4 Å². The Hall–Kier alpha value is -0.470. The van der Waals surface area contributed by atoms with Crippen LogP contribution in [0.1, 0.15) is 20.3 Å². The summed E-state index contributed by atoms with van der Waals surface area (Å²) in [6.45, 7) is 3.94. The lowest BCUT2D eigenvalue weighted by Crippen LogP contribution is -2.22. The van der Waals surface area contributed by atoms with E-state index in [9.17, 15) is 4.79 Å². The van der Waals surface area contributed by atoms with Crippen molar-refractivity contribution in [2.24, 2.45) is 0 Å². The highest BCUT2D eigenvalue weighted by molar-refractivity contribution is 8.03. The van der Waals surface area contributed by atoms with Crippen LogP contribution >= 0.6 is 58.1 Å². The SMILES string of the molecule is CCCSc1nnc(S[C@H](C)C(=O)Nc2cc(Cl)ccc2Cl)s1. The number of nitrogens with zero attached hydrogens (tertiary/aromatic N) is 2. The zero-order chi connectivity index (χ0) is 16.8. The summed E-state index contributed by atoms with van der Waals surface area (Å²) >= 11 is 16.5. The largest absolute Gasteiger partial charge is 0.324 e. The van der Waals surface area contributed by atoms with Crippen LogP contribution in [0.3, 0.4) is 0 Å². The molecule has 0 radical (unpaired) electrons. The van der Waals surface area contributed by atoms with Crippen LogP contribution in [0.5, 0.6) is 0 Å². The highest BCUT2D eigenvalue weighted by Crippen LogP contribution is 2.32. The molecule has 1 aromatic heterocycles. The molecule has 1 N–H and O–H groups in total. The van der Waals surface area contributed by atoms with Gasteiger partial charge >= 0.3 is 0 Å². The van der Waals surface area contributed by atoms with Crippen molar-refractivity contribution in [3.63, 3.8) is 0 Å². The molecule has 9 heteroatoms. The van der Waals surface area contributed by atoms with Gasteiger partial charge in [0, 0.05) is 10.8 Å². The second-order valence-corrected chi connectivity index (χ2v) is 9.31. The molecule has 4 nitrogen and oxygen atoms in total. The van der Waals surface area contributed by atoms with Gasteiger partial charge < -0.3 is 5.32 Å². The average molecular weight is 408 g/mol. The molecule has 2 rings (SSSR count). The third kappa shape index (κ3) is 5.83. The highest BCUT2D eigenvalue weighted by Gasteiger charge is 2.18. The fraction of sp³-hybridized carbons (Fsp3) is 0.357. The van der Waals surface area contributed by atoms with Crippen LogP contribution in [-0.4, -0.2) is 27.1 Å². The fourth-order valence-electron chi connectivity index (χ4n) is 1.52. The number of carbonyl (C=O) groups is 1. The lowest BCUT2D eigenvalue weighted by Gasteiger charge is -2.11. The van der Waals surface area contributed by atoms with Gasteiger partial charge in [-0.05, 0) is 31.5 Å². The van der Waals surface area contributed by atoms with Crippen molar-refractivity contribution in [2.45, 2.75) is 34.2 Å².